The highest BCUT2D eigenvalue weighted by molar-refractivity contribution is 7.99. The van der Waals surface area contributed by atoms with Crippen LogP contribution >= 0.6 is 11.8 Å². The molecule has 6 heteroatoms. The Morgan fingerprint density at radius 2 is 2.22 bits per heavy atom. The number of halogens is 1. The van der Waals surface area contributed by atoms with Gasteiger partial charge < -0.3 is 10.1 Å². The number of amides is 1. The van der Waals surface area contributed by atoms with E-state index < -0.39 is 0 Å². The smallest absolute Gasteiger partial charge is 0.220 e. The molecule has 0 aliphatic carbocycles. The normalized spacial score (nSPS) is 17.0. The predicted molar refractivity (Wildman–Crippen MR) is 92.2 cm³/mol. The maximum Gasteiger partial charge on any atom is 0.220 e. The highest BCUT2D eigenvalue weighted by Crippen LogP contribution is 2.22. The summed E-state index contributed by atoms with van der Waals surface area (Å²) in [6.07, 6.45) is 0.525. The van der Waals surface area contributed by atoms with Crippen LogP contribution in [-0.4, -0.2) is 55.2 Å². The minimum absolute atomic E-state index is 0.0163. The van der Waals surface area contributed by atoms with Crippen molar-refractivity contribution in [3.05, 3.63) is 35.6 Å². The zero-order valence-corrected chi connectivity index (χ0v) is 14.4. The van der Waals surface area contributed by atoms with Gasteiger partial charge in [0.15, 0.2) is 0 Å². The van der Waals surface area contributed by atoms with Crippen LogP contribution in [0.25, 0.3) is 0 Å². The summed E-state index contributed by atoms with van der Waals surface area (Å²) in [6.45, 7) is 5.52. The molecule has 1 heterocycles. The topological polar surface area (TPSA) is 41.6 Å². The second kappa shape index (κ2) is 9.90. The van der Waals surface area contributed by atoms with E-state index in [1.165, 1.54) is 6.07 Å². The zero-order valence-electron chi connectivity index (χ0n) is 13.6. The molecule has 0 spiro atoms. The molecule has 1 aromatic carbocycles. The molecule has 1 aliphatic heterocycles. The van der Waals surface area contributed by atoms with E-state index in [1.807, 2.05) is 6.07 Å². The molecule has 1 saturated heterocycles. The summed E-state index contributed by atoms with van der Waals surface area (Å²) in [7, 11) is 0. The molecular weight excluding hydrogens is 315 g/mol. The van der Waals surface area contributed by atoms with Crippen molar-refractivity contribution in [2.75, 3.05) is 44.4 Å². The number of morpholine rings is 1. The molecule has 23 heavy (non-hydrogen) atoms. The first kappa shape index (κ1) is 18.2. The van der Waals surface area contributed by atoms with Gasteiger partial charge in [0, 0.05) is 31.8 Å². The van der Waals surface area contributed by atoms with Crippen molar-refractivity contribution >= 4 is 17.7 Å². The number of benzene rings is 1. The van der Waals surface area contributed by atoms with Crippen molar-refractivity contribution in [2.24, 2.45) is 0 Å². The van der Waals surface area contributed by atoms with Crippen molar-refractivity contribution in [3.63, 3.8) is 0 Å². The van der Waals surface area contributed by atoms with Crippen molar-refractivity contribution in [1.29, 1.82) is 0 Å². The van der Waals surface area contributed by atoms with Crippen molar-refractivity contribution in [3.8, 4) is 0 Å². The summed E-state index contributed by atoms with van der Waals surface area (Å²) in [5.74, 6) is 1.67. The number of rotatable bonds is 8. The lowest BCUT2D eigenvalue weighted by Crippen LogP contribution is -2.43. The minimum atomic E-state index is -0.244. The summed E-state index contributed by atoms with van der Waals surface area (Å²) < 4.78 is 19.0. The van der Waals surface area contributed by atoms with E-state index in [-0.39, 0.29) is 17.8 Å². The molecule has 0 aromatic heterocycles. The van der Waals surface area contributed by atoms with Gasteiger partial charge in [-0.3, -0.25) is 9.69 Å². The van der Waals surface area contributed by atoms with E-state index in [9.17, 15) is 9.18 Å². The predicted octanol–water partition coefficient (Wildman–Crippen LogP) is 2.46. The lowest BCUT2D eigenvalue weighted by Gasteiger charge is -2.35. The third kappa shape index (κ3) is 6.12. The SMILES string of the molecule is CCSCCC(=O)NCC(c1cccc(F)c1)N1CCOCC1. The molecule has 0 bridgehead atoms. The van der Waals surface area contributed by atoms with Gasteiger partial charge in [-0.25, -0.2) is 4.39 Å². The summed E-state index contributed by atoms with van der Waals surface area (Å²) in [6, 6.07) is 6.62. The van der Waals surface area contributed by atoms with Crippen LogP contribution in [0.5, 0.6) is 0 Å². The van der Waals surface area contributed by atoms with E-state index in [0.29, 0.717) is 26.2 Å². The lowest BCUT2D eigenvalue weighted by atomic mass is 10.0. The fourth-order valence-corrected chi connectivity index (χ4v) is 3.29. The van der Waals surface area contributed by atoms with Gasteiger partial charge >= 0.3 is 0 Å². The van der Waals surface area contributed by atoms with Crippen LogP contribution in [-0.2, 0) is 9.53 Å². The first-order chi connectivity index (χ1) is 11.2. The molecule has 1 N–H and O–H groups in total. The number of carbonyl (C=O) groups is 1. The number of nitrogens with one attached hydrogen (secondary N) is 1. The highest BCUT2D eigenvalue weighted by Gasteiger charge is 2.23. The fraction of sp³-hybridized carbons (Fsp3) is 0.588. The van der Waals surface area contributed by atoms with Crippen LogP contribution < -0.4 is 5.32 Å². The first-order valence-corrected chi connectivity index (χ1v) is 9.28. The molecule has 1 unspecified atom stereocenters. The van der Waals surface area contributed by atoms with E-state index in [2.05, 4.69) is 17.1 Å². The van der Waals surface area contributed by atoms with Gasteiger partial charge in [0.2, 0.25) is 5.91 Å². The Labute approximate surface area is 141 Å². The number of hydrogen-bond donors (Lipinski definition) is 1. The number of nitrogens with zero attached hydrogens (tertiary/aromatic N) is 1. The van der Waals surface area contributed by atoms with E-state index in [4.69, 9.17) is 4.74 Å². The van der Waals surface area contributed by atoms with Gasteiger partial charge in [-0.2, -0.15) is 11.8 Å². The average Bonchev–Trinajstić information content (AvgIpc) is 2.56. The maximum atomic E-state index is 13.6. The molecule has 2 rings (SSSR count). The first-order valence-electron chi connectivity index (χ1n) is 8.12. The van der Waals surface area contributed by atoms with Crippen LogP contribution in [0.3, 0.4) is 0 Å². The minimum Gasteiger partial charge on any atom is -0.379 e. The van der Waals surface area contributed by atoms with Crippen molar-refractivity contribution in [1.82, 2.24) is 10.2 Å². The molecule has 1 amide bonds. The Bertz CT molecular complexity index is 495. The fourth-order valence-electron chi connectivity index (χ4n) is 2.67. The van der Waals surface area contributed by atoms with E-state index >= 15 is 0 Å². The molecule has 1 aromatic rings. The molecule has 0 radical (unpaired) electrons. The summed E-state index contributed by atoms with van der Waals surface area (Å²) in [5, 5.41) is 3.00. The van der Waals surface area contributed by atoms with Crippen LogP contribution in [0.2, 0.25) is 0 Å². The van der Waals surface area contributed by atoms with Crippen LogP contribution in [0.4, 0.5) is 4.39 Å². The van der Waals surface area contributed by atoms with Crippen LogP contribution in [0.15, 0.2) is 24.3 Å². The Morgan fingerprint density at radius 1 is 1.43 bits per heavy atom. The number of thioether (sulfide) groups is 1. The molecule has 128 valence electrons. The quantitative estimate of drug-likeness (QED) is 0.738. The third-order valence-corrected chi connectivity index (χ3v) is 4.79. The van der Waals surface area contributed by atoms with Gasteiger partial charge in [0.1, 0.15) is 5.82 Å². The Morgan fingerprint density at radius 3 is 2.91 bits per heavy atom. The lowest BCUT2D eigenvalue weighted by molar-refractivity contribution is -0.121. The second-order valence-corrected chi connectivity index (χ2v) is 6.86. The van der Waals surface area contributed by atoms with Gasteiger partial charge in [0.25, 0.3) is 0 Å². The van der Waals surface area contributed by atoms with E-state index in [0.717, 1.165) is 30.2 Å². The molecule has 4 nitrogen and oxygen atoms in total. The van der Waals surface area contributed by atoms with Gasteiger partial charge in [-0.1, -0.05) is 19.1 Å². The Kier molecular flexibility index (Phi) is 7.85. The van der Waals surface area contributed by atoms with Crippen molar-refractivity contribution < 1.29 is 13.9 Å². The molecule has 0 saturated carbocycles. The Balaban J connectivity index is 1.97. The summed E-state index contributed by atoms with van der Waals surface area (Å²) in [5.41, 5.74) is 0.898. The monoisotopic (exact) mass is 340 g/mol. The average molecular weight is 340 g/mol. The molecule has 1 fully saturated rings. The molecule has 1 atom stereocenters. The van der Waals surface area contributed by atoms with Gasteiger partial charge in [0.05, 0.1) is 19.3 Å². The van der Waals surface area contributed by atoms with Crippen LogP contribution in [0.1, 0.15) is 24.9 Å². The van der Waals surface area contributed by atoms with Crippen molar-refractivity contribution in [2.45, 2.75) is 19.4 Å². The summed E-state index contributed by atoms with van der Waals surface area (Å²) in [4.78, 5) is 14.2. The van der Waals surface area contributed by atoms with Crippen LogP contribution in [0, 0.1) is 5.82 Å². The standard InChI is InChI=1S/C17H25FN2O2S/c1-2-23-11-6-17(21)19-13-16(20-7-9-22-10-8-20)14-4-3-5-15(18)12-14/h3-5,12,16H,2,6-11,13H2,1H3,(H,19,21). The Hall–Kier alpha value is -1.11. The summed E-state index contributed by atoms with van der Waals surface area (Å²) >= 11 is 1.76. The maximum absolute atomic E-state index is 13.6. The highest BCUT2D eigenvalue weighted by atomic mass is 32.2. The second-order valence-electron chi connectivity index (χ2n) is 5.47. The third-order valence-electron chi connectivity index (χ3n) is 3.89. The molecule has 1 aliphatic rings. The van der Waals surface area contributed by atoms with Gasteiger partial charge in [-0.05, 0) is 23.4 Å². The molecular formula is C17H25FN2O2S. The number of ether oxygens (including phenoxy) is 1. The largest absolute Gasteiger partial charge is 0.379 e. The number of carbonyl (C=O) groups excluding carboxylic acids is 1. The van der Waals surface area contributed by atoms with E-state index in [1.54, 1.807) is 23.9 Å². The number of hydrogen-bond acceptors (Lipinski definition) is 4. The van der Waals surface area contributed by atoms with Gasteiger partial charge in [-0.15, -0.1) is 0 Å². The zero-order chi connectivity index (χ0) is 16.5.